The van der Waals surface area contributed by atoms with Gasteiger partial charge in [0.2, 0.25) is 10.0 Å². The quantitative estimate of drug-likeness (QED) is 0.204. The third-order valence-corrected chi connectivity index (χ3v) is 7.06. The molecule has 0 bridgehead atoms. The van der Waals surface area contributed by atoms with Gasteiger partial charge in [0.05, 0.1) is 28.3 Å². The number of anilines is 1. The van der Waals surface area contributed by atoms with Crippen LogP contribution in [-0.4, -0.2) is 52.3 Å². The van der Waals surface area contributed by atoms with Gasteiger partial charge in [-0.1, -0.05) is 48.6 Å². The smallest absolute Gasteiger partial charge is 0.335 e. The summed E-state index contributed by atoms with van der Waals surface area (Å²) < 4.78 is 27.3. The van der Waals surface area contributed by atoms with Crippen molar-refractivity contribution in [2.45, 2.75) is 6.54 Å². The largest absolute Gasteiger partial charge is 0.478 e. The molecule has 2 aromatic heterocycles. The van der Waals surface area contributed by atoms with Gasteiger partial charge in [-0.3, -0.25) is 4.98 Å². The molecule has 0 fully saturated rings. The van der Waals surface area contributed by atoms with Gasteiger partial charge in [-0.15, -0.1) is 24.8 Å². The molecule has 0 unspecified atom stereocenters. The number of rotatable bonds is 9. The molecule has 4 rings (SSSR count). The third kappa shape index (κ3) is 9.47. The summed E-state index contributed by atoms with van der Waals surface area (Å²) in [5.41, 5.74) is 9.66. The molecule has 0 amide bonds. The van der Waals surface area contributed by atoms with Gasteiger partial charge in [0.25, 0.3) is 0 Å². The molecule has 5 N–H and O–H groups in total. The first-order valence-electron chi connectivity index (χ1n) is 11.7. The van der Waals surface area contributed by atoms with Gasteiger partial charge in [0.15, 0.2) is 0 Å². The predicted octanol–water partition coefficient (Wildman–Crippen LogP) is 4.87. The molecule has 4 aromatic rings. The molecule has 0 spiro atoms. The summed E-state index contributed by atoms with van der Waals surface area (Å²) >= 11 is 0. The molecule has 41 heavy (non-hydrogen) atoms. The first kappa shape index (κ1) is 34.9. The zero-order valence-corrected chi connectivity index (χ0v) is 24.3. The number of pyridine rings is 1. The maximum Gasteiger partial charge on any atom is 0.335 e. The molecule has 2 aromatic carbocycles. The third-order valence-electron chi connectivity index (χ3n) is 5.55. The molecule has 0 atom stereocenters. The number of halogens is 2. The number of nitrogens with two attached hydrogens (primary N) is 1. The second-order valence-corrected chi connectivity index (χ2v) is 10.1. The van der Waals surface area contributed by atoms with E-state index >= 15 is 0 Å². The summed E-state index contributed by atoms with van der Waals surface area (Å²) in [6.45, 7) is 0.331. The van der Waals surface area contributed by atoms with Crippen molar-refractivity contribution < 1.29 is 28.2 Å². The first-order valence-corrected chi connectivity index (χ1v) is 13.3. The van der Waals surface area contributed by atoms with Crippen molar-refractivity contribution in [3.63, 3.8) is 0 Å². The van der Waals surface area contributed by atoms with Crippen molar-refractivity contribution in [1.29, 1.82) is 0 Å². The number of nitrogens with zero attached hydrogens (tertiary/aromatic N) is 2. The second kappa shape index (κ2) is 16.2. The van der Waals surface area contributed by atoms with Crippen molar-refractivity contribution in [3.8, 4) is 11.3 Å². The number of nitrogens with one attached hydrogen (secondary N) is 1. The normalized spacial score (nSPS) is 10.5. The minimum absolute atomic E-state index is 0. The minimum atomic E-state index is -3.59. The van der Waals surface area contributed by atoms with E-state index in [0.717, 1.165) is 28.4 Å². The van der Waals surface area contributed by atoms with Gasteiger partial charge in [-0.2, -0.15) is 0 Å². The number of aromatic carboxylic acids is 2. The maximum absolute atomic E-state index is 13.0. The lowest BCUT2D eigenvalue weighted by Crippen LogP contribution is -2.16. The highest BCUT2D eigenvalue weighted by molar-refractivity contribution is 7.90. The lowest BCUT2D eigenvalue weighted by atomic mass is 10.1. The molecule has 10 nitrogen and oxygen atoms in total. The van der Waals surface area contributed by atoms with Crippen LogP contribution in [0.15, 0.2) is 91.4 Å². The van der Waals surface area contributed by atoms with Gasteiger partial charge in [-0.25, -0.2) is 22.0 Å². The van der Waals surface area contributed by atoms with Crippen LogP contribution in [-0.2, 0) is 16.6 Å². The Morgan fingerprint density at radius 3 is 2.20 bits per heavy atom. The average molecular weight is 622 g/mol. The Morgan fingerprint density at radius 2 is 1.63 bits per heavy atom. The lowest BCUT2D eigenvalue weighted by molar-refractivity contribution is 0.0696. The van der Waals surface area contributed by atoms with E-state index in [1.807, 2.05) is 36.4 Å². The topological polar surface area (TPSA) is 165 Å². The molecule has 13 heteroatoms. The highest BCUT2D eigenvalue weighted by Crippen LogP contribution is 2.29. The van der Waals surface area contributed by atoms with Crippen LogP contribution in [0.2, 0.25) is 0 Å². The fraction of sp³-hybridized carbons (Fsp3) is 0.107. The SMILES string of the molecule is CNc1cc(-c2ccccc2CN)n(S(=O)(=O)CC=Cc2cccnc2)c1.Cl.Cl.O=C(O)c1cccc(C(=O)O)c1. The minimum Gasteiger partial charge on any atom is -0.478 e. The van der Waals surface area contributed by atoms with Crippen molar-refractivity contribution in [3.05, 3.63) is 114 Å². The van der Waals surface area contributed by atoms with Gasteiger partial charge >= 0.3 is 11.9 Å². The van der Waals surface area contributed by atoms with Crippen LogP contribution in [0, 0.1) is 0 Å². The van der Waals surface area contributed by atoms with E-state index in [2.05, 4.69) is 10.3 Å². The zero-order valence-electron chi connectivity index (χ0n) is 21.9. The van der Waals surface area contributed by atoms with Crippen LogP contribution < -0.4 is 11.1 Å². The molecule has 0 aliphatic rings. The number of carboxylic acids is 2. The number of carbonyl (C=O) groups is 2. The first-order chi connectivity index (χ1) is 18.7. The second-order valence-electron chi connectivity index (χ2n) is 8.18. The Labute approximate surface area is 250 Å². The Morgan fingerprint density at radius 1 is 0.976 bits per heavy atom. The van der Waals surface area contributed by atoms with E-state index in [-0.39, 0.29) is 41.7 Å². The van der Waals surface area contributed by atoms with Crippen LogP contribution in [0.3, 0.4) is 0 Å². The Kier molecular flexibility index (Phi) is 13.8. The number of carboxylic acid groups (broad SMARTS) is 2. The van der Waals surface area contributed by atoms with E-state index in [9.17, 15) is 18.0 Å². The van der Waals surface area contributed by atoms with Crippen molar-refractivity contribution >= 4 is 58.5 Å². The summed E-state index contributed by atoms with van der Waals surface area (Å²) in [5, 5.41) is 20.0. The van der Waals surface area contributed by atoms with Crippen molar-refractivity contribution in [2.75, 3.05) is 18.1 Å². The molecule has 0 aliphatic carbocycles. The van der Waals surface area contributed by atoms with E-state index in [1.165, 1.54) is 22.2 Å². The summed E-state index contributed by atoms with van der Waals surface area (Å²) in [7, 11) is -1.84. The number of hydrogen-bond acceptors (Lipinski definition) is 7. The van der Waals surface area contributed by atoms with E-state index in [1.54, 1.807) is 43.9 Å². The van der Waals surface area contributed by atoms with Gasteiger partial charge in [0.1, 0.15) is 0 Å². The molecule has 0 radical (unpaired) electrons. The van der Waals surface area contributed by atoms with Crippen LogP contribution >= 0.6 is 24.8 Å². The molecule has 0 aliphatic heterocycles. The fourth-order valence-electron chi connectivity index (χ4n) is 3.60. The van der Waals surface area contributed by atoms with Gasteiger partial charge in [0, 0.05) is 37.7 Å². The Balaban J connectivity index is 0.000000509. The highest BCUT2D eigenvalue weighted by Gasteiger charge is 2.19. The molecule has 0 saturated carbocycles. The summed E-state index contributed by atoms with van der Waals surface area (Å²) in [6.07, 6.45) is 8.33. The molecular formula is C28H30Cl2N4O6S. The highest BCUT2D eigenvalue weighted by atomic mass is 35.5. The van der Waals surface area contributed by atoms with E-state index < -0.39 is 22.0 Å². The Hall–Kier alpha value is -4.16. The number of aromatic nitrogens is 2. The average Bonchev–Trinajstić information content (AvgIpc) is 3.39. The van der Waals surface area contributed by atoms with Crippen molar-refractivity contribution in [2.24, 2.45) is 5.73 Å². The monoisotopic (exact) mass is 620 g/mol. The lowest BCUT2D eigenvalue weighted by Gasteiger charge is -2.12. The fourth-order valence-corrected chi connectivity index (χ4v) is 4.83. The molecular weight excluding hydrogens is 591 g/mol. The zero-order chi connectivity index (χ0) is 28.4. The van der Waals surface area contributed by atoms with Gasteiger partial charge in [-0.05, 0) is 41.5 Å². The van der Waals surface area contributed by atoms with Crippen LogP contribution in [0.25, 0.3) is 17.3 Å². The van der Waals surface area contributed by atoms with Crippen LogP contribution in [0.4, 0.5) is 5.69 Å². The summed E-state index contributed by atoms with van der Waals surface area (Å²) in [5.74, 6) is -2.38. The summed E-state index contributed by atoms with van der Waals surface area (Å²) in [6, 6.07) is 18.2. The van der Waals surface area contributed by atoms with Crippen molar-refractivity contribution in [1.82, 2.24) is 8.96 Å². The maximum atomic E-state index is 13.0. The number of hydrogen-bond donors (Lipinski definition) is 4. The molecule has 0 saturated heterocycles. The summed E-state index contributed by atoms with van der Waals surface area (Å²) in [4.78, 5) is 24.8. The number of benzene rings is 2. The molecule has 2 heterocycles. The van der Waals surface area contributed by atoms with Crippen LogP contribution in [0.5, 0.6) is 0 Å². The van der Waals surface area contributed by atoms with E-state index in [0.29, 0.717) is 12.2 Å². The van der Waals surface area contributed by atoms with Gasteiger partial charge < -0.3 is 21.3 Å². The van der Waals surface area contributed by atoms with Crippen LogP contribution in [0.1, 0.15) is 31.8 Å². The standard InChI is InChI=1S/C20H22N4O2S.C8H6O4.2ClH/c1-22-18-12-20(19-9-3-2-8-17(19)13-21)24(15-18)27(25,26)11-5-7-16-6-4-10-23-14-16;9-7(10)5-2-1-3-6(4-5)8(11)12;;/h2-10,12,14-15,22H,11,13,21H2,1H3;1-4H,(H,9,10)(H,11,12);2*1H. The molecule has 218 valence electrons. The van der Waals surface area contributed by atoms with E-state index in [4.69, 9.17) is 15.9 Å². The Bertz CT molecular complexity index is 1560. The predicted molar refractivity (Wildman–Crippen MR) is 165 cm³/mol.